The zero-order valence-corrected chi connectivity index (χ0v) is 8.70. The summed E-state index contributed by atoms with van der Waals surface area (Å²) < 4.78 is 5.92. The Morgan fingerprint density at radius 2 is 2.62 bits per heavy atom. The highest BCUT2D eigenvalue weighted by atomic mass is 35.5. The van der Waals surface area contributed by atoms with Crippen LogP contribution >= 0.6 is 22.9 Å². The van der Waals surface area contributed by atoms with Crippen molar-refractivity contribution in [2.45, 2.75) is 18.9 Å². The summed E-state index contributed by atoms with van der Waals surface area (Å²) >= 11 is 7.16. The third-order valence-corrected chi connectivity index (χ3v) is 2.97. The fourth-order valence-corrected chi connectivity index (χ4v) is 2.09. The summed E-state index contributed by atoms with van der Waals surface area (Å²) in [6.45, 7) is 1.66. The first kappa shape index (κ1) is 9.24. The summed E-state index contributed by atoms with van der Waals surface area (Å²) in [6, 6.07) is 0.395. The maximum Gasteiger partial charge on any atom is 0.185 e. The standard InChI is InChI=1S/C8H11ClN2OS/c9-8-11-7(5-13-8)10-6-2-1-3-12-4-6/h5-6,10H,1-4H2/t6-/m0/s1. The van der Waals surface area contributed by atoms with Crippen LogP contribution in [-0.4, -0.2) is 24.2 Å². The molecule has 2 heterocycles. The van der Waals surface area contributed by atoms with Gasteiger partial charge >= 0.3 is 0 Å². The molecule has 1 N–H and O–H groups in total. The molecular formula is C8H11ClN2OS. The highest BCUT2D eigenvalue weighted by Crippen LogP contribution is 2.20. The van der Waals surface area contributed by atoms with Crippen molar-refractivity contribution in [1.29, 1.82) is 0 Å². The Bertz CT molecular complexity index is 273. The number of ether oxygens (including phenoxy) is 1. The summed E-state index contributed by atoms with van der Waals surface area (Å²) in [4.78, 5) is 4.12. The van der Waals surface area contributed by atoms with Crippen molar-refractivity contribution < 1.29 is 4.74 Å². The number of thiazole rings is 1. The van der Waals surface area contributed by atoms with Crippen LogP contribution < -0.4 is 5.32 Å². The summed E-state index contributed by atoms with van der Waals surface area (Å²) in [5.41, 5.74) is 0. The van der Waals surface area contributed by atoms with Gasteiger partial charge in [0.05, 0.1) is 12.6 Å². The van der Waals surface area contributed by atoms with Crippen LogP contribution in [-0.2, 0) is 4.74 Å². The van der Waals surface area contributed by atoms with E-state index in [0.29, 0.717) is 10.5 Å². The third-order valence-electron chi connectivity index (χ3n) is 1.99. The van der Waals surface area contributed by atoms with Crippen molar-refractivity contribution in [3.8, 4) is 0 Å². The predicted octanol–water partition coefficient (Wildman–Crippen LogP) is 2.39. The molecule has 13 heavy (non-hydrogen) atoms. The number of hydrogen-bond acceptors (Lipinski definition) is 4. The van der Waals surface area contributed by atoms with E-state index in [2.05, 4.69) is 10.3 Å². The Morgan fingerprint density at radius 3 is 3.23 bits per heavy atom. The minimum atomic E-state index is 0.395. The van der Waals surface area contributed by atoms with Crippen molar-refractivity contribution in [2.75, 3.05) is 18.5 Å². The largest absolute Gasteiger partial charge is 0.379 e. The monoisotopic (exact) mass is 218 g/mol. The van der Waals surface area contributed by atoms with E-state index in [1.165, 1.54) is 11.3 Å². The van der Waals surface area contributed by atoms with Crippen LogP contribution in [0.15, 0.2) is 5.38 Å². The predicted molar refractivity (Wildman–Crippen MR) is 54.6 cm³/mol. The molecule has 72 valence electrons. The van der Waals surface area contributed by atoms with Gasteiger partial charge in [0.15, 0.2) is 4.47 Å². The number of nitrogens with one attached hydrogen (secondary N) is 1. The van der Waals surface area contributed by atoms with Gasteiger partial charge in [-0.15, -0.1) is 11.3 Å². The van der Waals surface area contributed by atoms with E-state index >= 15 is 0 Å². The molecule has 5 heteroatoms. The molecule has 0 saturated carbocycles. The van der Waals surface area contributed by atoms with Crippen molar-refractivity contribution in [3.63, 3.8) is 0 Å². The lowest BCUT2D eigenvalue weighted by molar-refractivity contribution is 0.0875. The van der Waals surface area contributed by atoms with Crippen LogP contribution in [0.25, 0.3) is 0 Å². The fraction of sp³-hybridized carbons (Fsp3) is 0.625. The van der Waals surface area contributed by atoms with Gasteiger partial charge in [0.1, 0.15) is 5.82 Å². The normalized spacial score (nSPS) is 23.0. The Balaban J connectivity index is 1.89. The Labute approximate surface area is 86.1 Å². The highest BCUT2D eigenvalue weighted by molar-refractivity contribution is 7.14. The number of rotatable bonds is 2. The molecular weight excluding hydrogens is 208 g/mol. The van der Waals surface area contributed by atoms with Gasteiger partial charge in [-0.25, -0.2) is 4.98 Å². The first-order valence-corrected chi connectivity index (χ1v) is 5.55. The first-order chi connectivity index (χ1) is 6.34. The molecule has 0 bridgehead atoms. The number of anilines is 1. The molecule has 1 aliphatic rings. The van der Waals surface area contributed by atoms with E-state index in [1.54, 1.807) is 0 Å². The number of aromatic nitrogens is 1. The van der Waals surface area contributed by atoms with Crippen molar-refractivity contribution >= 4 is 28.8 Å². The Hall–Kier alpha value is -0.320. The summed E-state index contributed by atoms with van der Waals surface area (Å²) in [5, 5.41) is 5.22. The number of halogens is 1. The zero-order valence-electron chi connectivity index (χ0n) is 7.12. The Kier molecular flexibility index (Phi) is 3.03. The van der Waals surface area contributed by atoms with Crippen LogP contribution in [0.3, 0.4) is 0 Å². The van der Waals surface area contributed by atoms with Gasteiger partial charge in [0, 0.05) is 12.0 Å². The minimum Gasteiger partial charge on any atom is -0.379 e. The second kappa shape index (κ2) is 4.26. The van der Waals surface area contributed by atoms with Crippen molar-refractivity contribution in [3.05, 3.63) is 9.85 Å². The van der Waals surface area contributed by atoms with Crippen LogP contribution in [0.5, 0.6) is 0 Å². The maximum atomic E-state index is 5.71. The Morgan fingerprint density at radius 1 is 1.69 bits per heavy atom. The highest BCUT2D eigenvalue weighted by Gasteiger charge is 2.14. The average Bonchev–Trinajstić information content (AvgIpc) is 2.53. The molecule has 0 aliphatic carbocycles. The topological polar surface area (TPSA) is 34.2 Å². The molecule has 1 fully saturated rings. The van der Waals surface area contributed by atoms with Crippen LogP contribution in [0, 0.1) is 0 Å². The molecule has 1 aliphatic heterocycles. The van der Waals surface area contributed by atoms with E-state index in [4.69, 9.17) is 16.3 Å². The van der Waals surface area contributed by atoms with E-state index in [9.17, 15) is 0 Å². The van der Waals surface area contributed by atoms with Gasteiger partial charge in [-0.1, -0.05) is 11.6 Å². The van der Waals surface area contributed by atoms with Gasteiger partial charge in [-0.05, 0) is 12.8 Å². The molecule has 0 aromatic carbocycles. The molecule has 0 radical (unpaired) electrons. The SMILES string of the molecule is Clc1nc(N[C@H]2CCCOC2)cs1. The van der Waals surface area contributed by atoms with Gasteiger partial charge in [-0.2, -0.15) is 0 Å². The first-order valence-electron chi connectivity index (χ1n) is 4.30. The second-order valence-corrected chi connectivity index (χ2v) is 4.48. The maximum absolute atomic E-state index is 5.71. The lowest BCUT2D eigenvalue weighted by Gasteiger charge is -2.22. The third kappa shape index (κ3) is 2.56. The van der Waals surface area contributed by atoms with E-state index in [0.717, 1.165) is 31.9 Å². The molecule has 0 amide bonds. The smallest absolute Gasteiger partial charge is 0.185 e. The molecule has 1 saturated heterocycles. The number of nitrogens with zero attached hydrogens (tertiary/aromatic N) is 1. The van der Waals surface area contributed by atoms with Crippen LogP contribution in [0.4, 0.5) is 5.82 Å². The van der Waals surface area contributed by atoms with Crippen LogP contribution in [0.1, 0.15) is 12.8 Å². The molecule has 1 aromatic rings. The molecule has 2 rings (SSSR count). The van der Waals surface area contributed by atoms with Gasteiger partial charge in [-0.3, -0.25) is 0 Å². The lowest BCUT2D eigenvalue weighted by Crippen LogP contribution is -2.30. The second-order valence-electron chi connectivity index (χ2n) is 3.04. The molecule has 0 spiro atoms. The van der Waals surface area contributed by atoms with Gasteiger partial charge < -0.3 is 10.1 Å². The molecule has 1 atom stereocenters. The molecule has 3 nitrogen and oxygen atoms in total. The quantitative estimate of drug-likeness (QED) is 0.828. The summed E-state index contributed by atoms with van der Waals surface area (Å²) in [7, 11) is 0. The lowest BCUT2D eigenvalue weighted by atomic mass is 10.1. The fourth-order valence-electron chi connectivity index (χ4n) is 1.38. The van der Waals surface area contributed by atoms with Crippen molar-refractivity contribution in [1.82, 2.24) is 4.98 Å². The summed E-state index contributed by atoms with van der Waals surface area (Å²) in [6.07, 6.45) is 2.27. The number of hydrogen-bond donors (Lipinski definition) is 1. The summed E-state index contributed by atoms with van der Waals surface area (Å²) in [5.74, 6) is 0.866. The van der Waals surface area contributed by atoms with E-state index in [1.807, 2.05) is 5.38 Å². The average molecular weight is 219 g/mol. The van der Waals surface area contributed by atoms with E-state index in [-0.39, 0.29) is 0 Å². The van der Waals surface area contributed by atoms with Gasteiger partial charge in [0.2, 0.25) is 0 Å². The van der Waals surface area contributed by atoms with Crippen molar-refractivity contribution in [2.24, 2.45) is 0 Å². The minimum absolute atomic E-state index is 0.395. The van der Waals surface area contributed by atoms with Crippen LogP contribution in [0.2, 0.25) is 4.47 Å². The van der Waals surface area contributed by atoms with E-state index < -0.39 is 0 Å². The molecule has 0 unspecified atom stereocenters. The molecule has 1 aromatic heterocycles. The van der Waals surface area contributed by atoms with Gasteiger partial charge in [0.25, 0.3) is 0 Å². The zero-order chi connectivity index (χ0) is 9.10.